The molecule has 0 radical (unpaired) electrons. The number of ether oxygens (including phenoxy) is 1. The fourth-order valence-electron chi connectivity index (χ4n) is 2.63. The molecule has 0 aromatic heterocycles. The van der Waals surface area contributed by atoms with Gasteiger partial charge in [0.1, 0.15) is 5.75 Å². The van der Waals surface area contributed by atoms with Crippen LogP contribution in [0.1, 0.15) is 36.4 Å². The number of hydrogen-bond donors (Lipinski definition) is 2. The Kier molecular flexibility index (Phi) is 3.74. The van der Waals surface area contributed by atoms with Crippen molar-refractivity contribution in [3.8, 4) is 5.75 Å². The summed E-state index contributed by atoms with van der Waals surface area (Å²) in [7, 11) is 1.68. The lowest BCUT2D eigenvalue weighted by molar-refractivity contribution is -0.124. The molecular weight excluding hydrogens is 264 g/mol. The summed E-state index contributed by atoms with van der Waals surface area (Å²) >= 11 is 0. The zero-order valence-electron chi connectivity index (χ0n) is 10.9. The average Bonchev–Trinajstić information content (AvgIpc) is 3.00. The largest absolute Gasteiger partial charge is 0.496 e. The number of rotatable bonds is 3. The third-order valence-electron chi connectivity index (χ3n) is 3.99. The smallest absolute Gasteiger partial charge is 0.240 e. The summed E-state index contributed by atoms with van der Waals surface area (Å²) in [5.74, 6) is 0.904. The number of fused-ring (bicyclic) bond motifs is 1. The van der Waals surface area contributed by atoms with Crippen LogP contribution in [0.15, 0.2) is 18.2 Å². The fraction of sp³-hybridized carbons (Fsp3) is 0.500. The van der Waals surface area contributed by atoms with Crippen LogP contribution in [0.4, 0.5) is 0 Å². The van der Waals surface area contributed by atoms with Crippen LogP contribution in [0.2, 0.25) is 0 Å². The van der Waals surface area contributed by atoms with Gasteiger partial charge in [0.15, 0.2) is 0 Å². The molecule has 0 bridgehead atoms. The molecule has 5 heteroatoms. The van der Waals surface area contributed by atoms with Crippen LogP contribution in [0.3, 0.4) is 0 Å². The van der Waals surface area contributed by atoms with Gasteiger partial charge in [-0.15, -0.1) is 12.4 Å². The molecule has 1 atom stereocenters. The lowest BCUT2D eigenvalue weighted by Crippen LogP contribution is -2.43. The van der Waals surface area contributed by atoms with Crippen LogP contribution >= 0.6 is 12.4 Å². The molecule has 19 heavy (non-hydrogen) atoms. The molecule has 1 aromatic rings. The van der Waals surface area contributed by atoms with E-state index in [-0.39, 0.29) is 24.4 Å². The van der Waals surface area contributed by atoms with E-state index < -0.39 is 5.54 Å². The van der Waals surface area contributed by atoms with Crippen molar-refractivity contribution in [1.82, 2.24) is 5.32 Å². The summed E-state index contributed by atoms with van der Waals surface area (Å²) in [4.78, 5) is 12.0. The normalized spacial score (nSPS) is 22.1. The molecule has 1 fully saturated rings. The Hall–Kier alpha value is -1.26. The maximum Gasteiger partial charge on any atom is 0.240 e. The van der Waals surface area contributed by atoms with Gasteiger partial charge in [0, 0.05) is 0 Å². The first-order chi connectivity index (χ1) is 8.64. The molecule has 0 saturated heterocycles. The Labute approximate surface area is 119 Å². The first-order valence-electron chi connectivity index (χ1n) is 6.40. The molecule has 1 aromatic carbocycles. The minimum atomic E-state index is -0.596. The quantitative estimate of drug-likeness (QED) is 0.887. The summed E-state index contributed by atoms with van der Waals surface area (Å²) in [6.45, 7) is 0. The van der Waals surface area contributed by atoms with Gasteiger partial charge in [0.2, 0.25) is 5.91 Å². The summed E-state index contributed by atoms with van der Waals surface area (Å²) in [5.41, 5.74) is 7.70. The summed E-state index contributed by atoms with van der Waals surface area (Å²) < 4.78 is 5.35. The van der Waals surface area contributed by atoms with E-state index in [0.29, 0.717) is 0 Å². The van der Waals surface area contributed by atoms with Crippen LogP contribution in [-0.4, -0.2) is 18.6 Å². The predicted octanol–water partition coefficient (Wildman–Crippen LogP) is 1.71. The topological polar surface area (TPSA) is 64.3 Å². The van der Waals surface area contributed by atoms with Gasteiger partial charge < -0.3 is 15.8 Å². The van der Waals surface area contributed by atoms with Gasteiger partial charge in [-0.2, -0.15) is 0 Å². The molecule has 4 nitrogen and oxygen atoms in total. The minimum Gasteiger partial charge on any atom is -0.496 e. The van der Waals surface area contributed by atoms with Crippen molar-refractivity contribution >= 4 is 18.3 Å². The second-order valence-corrected chi connectivity index (χ2v) is 5.25. The SMILES string of the molecule is COc1cccc2c1CCC2NC(=O)C1(N)CC1.Cl. The second-order valence-electron chi connectivity index (χ2n) is 5.25. The van der Waals surface area contributed by atoms with Gasteiger partial charge in [-0.05, 0) is 42.9 Å². The molecule has 2 aliphatic carbocycles. The van der Waals surface area contributed by atoms with E-state index in [1.54, 1.807) is 7.11 Å². The molecule has 0 spiro atoms. The summed E-state index contributed by atoms with van der Waals surface area (Å²) in [5, 5.41) is 3.07. The van der Waals surface area contributed by atoms with E-state index in [2.05, 4.69) is 11.4 Å². The Bertz CT molecular complexity index is 500. The second kappa shape index (κ2) is 5.02. The van der Waals surface area contributed by atoms with E-state index in [1.807, 2.05) is 12.1 Å². The van der Waals surface area contributed by atoms with E-state index >= 15 is 0 Å². The van der Waals surface area contributed by atoms with Crippen molar-refractivity contribution in [1.29, 1.82) is 0 Å². The van der Waals surface area contributed by atoms with Crippen molar-refractivity contribution in [3.05, 3.63) is 29.3 Å². The molecule has 1 unspecified atom stereocenters. The highest BCUT2D eigenvalue weighted by atomic mass is 35.5. The number of carbonyl (C=O) groups is 1. The van der Waals surface area contributed by atoms with Crippen LogP contribution < -0.4 is 15.8 Å². The maximum absolute atomic E-state index is 12.0. The molecular formula is C14H19ClN2O2. The molecule has 0 aliphatic heterocycles. The molecule has 3 N–H and O–H groups in total. The summed E-state index contributed by atoms with van der Waals surface area (Å²) in [6.07, 6.45) is 3.48. The lowest BCUT2D eigenvalue weighted by Gasteiger charge is -2.17. The highest BCUT2D eigenvalue weighted by Gasteiger charge is 2.46. The van der Waals surface area contributed by atoms with Gasteiger partial charge in [0.25, 0.3) is 0 Å². The molecule has 1 amide bonds. The Morgan fingerprint density at radius 1 is 1.47 bits per heavy atom. The maximum atomic E-state index is 12.0. The zero-order chi connectivity index (χ0) is 12.8. The van der Waals surface area contributed by atoms with Crippen LogP contribution in [-0.2, 0) is 11.2 Å². The van der Waals surface area contributed by atoms with Gasteiger partial charge >= 0.3 is 0 Å². The number of hydrogen-bond acceptors (Lipinski definition) is 3. The molecule has 3 rings (SSSR count). The molecule has 1 saturated carbocycles. The fourth-order valence-corrected chi connectivity index (χ4v) is 2.63. The Morgan fingerprint density at radius 2 is 2.21 bits per heavy atom. The first-order valence-corrected chi connectivity index (χ1v) is 6.40. The van der Waals surface area contributed by atoms with E-state index in [4.69, 9.17) is 10.5 Å². The standard InChI is InChI=1S/C14H18N2O2.ClH/c1-18-12-4-2-3-9-10(12)5-6-11(9)16-13(17)14(15)7-8-14;/h2-4,11H,5-8,15H2,1H3,(H,16,17);1H. The third kappa shape index (κ3) is 2.42. The molecule has 2 aliphatic rings. The van der Waals surface area contributed by atoms with Crippen LogP contribution in [0.5, 0.6) is 5.75 Å². The number of carbonyl (C=O) groups excluding carboxylic acids is 1. The van der Waals surface area contributed by atoms with E-state index in [9.17, 15) is 4.79 Å². The molecule has 104 valence electrons. The van der Waals surface area contributed by atoms with Crippen LogP contribution in [0.25, 0.3) is 0 Å². The summed E-state index contributed by atoms with van der Waals surface area (Å²) in [6, 6.07) is 6.08. The Balaban J connectivity index is 0.00000133. The highest BCUT2D eigenvalue weighted by molar-refractivity contribution is 5.89. The minimum absolute atomic E-state index is 0. The average molecular weight is 283 g/mol. The predicted molar refractivity (Wildman–Crippen MR) is 75.6 cm³/mol. The highest BCUT2D eigenvalue weighted by Crippen LogP contribution is 2.38. The van der Waals surface area contributed by atoms with Crippen molar-refractivity contribution in [3.63, 3.8) is 0 Å². The van der Waals surface area contributed by atoms with Crippen molar-refractivity contribution in [2.24, 2.45) is 5.73 Å². The number of amides is 1. The van der Waals surface area contributed by atoms with Crippen molar-refractivity contribution < 1.29 is 9.53 Å². The third-order valence-corrected chi connectivity index (χ3v) is 3.99. The monoisotopic (exact) mass is 282 g/mol. The number of methoxy groups -OCH3 is 1. The zero-order valence-corrected chi connectivity index (χ0v) is 11.8. The Morgan fingerprint density at radius 3 is 2.84 bits per heavy atom. The van der Waals surface area contributed by atoms with E-state index in [1.165, 1.54) is 11.1 Å². The van der Waals surface area contributed by atoms with Gasteiger partial charge in [-0.3, -0.25) is 4.79 Å². The van der Waals surface area contributed by atoms with Crippen LogP contribution in [0, 0.1) is 0 Å². The van der Waals surface area contributed by atoms with E-state index in [0.717, 1.165) is 31.4 Å². The van der Waals surface area contributed by atoms with Crippen molar-refractivity contribution in [2.45, 2.75) is 37.3 Å². The van der Waals surface area contributed by atoms with Crippen molar-refractivity contribution in [2.75, 3.05) is 7.11 Å². The number of nitrogens with two attached hydrogens (primary N) is 1. The number of nitrogens with one attached hydrogen (secondary N) is 1. The number of benzene rings is 1. The molecule has 0 heterocycles. The van der Waals surface area contributed by atoms with Gasteiger partial charge in [-0.1, -0.05) is 12.1 Å². The lowest BCUT2D eigenvalue weighted by atomic mass is 10.1. The van der Waals surface area contributed by atoms with Gasteiger partial charge in [-0.25, -0.2) is 0 Å². The number of halogens is 1. The van der Waals surface area contributed by atoms with Gasteiger partial charge in [0.05, 0.1) is 18.7 Å². The first kappa shape index (κ1) is 14.2.